The Bertz CT molecular complexity index is 895. The first-order chi connectivity index (χ1) is 11.9. The Balaban J connectivity index is 1.73. The fourth-order valence-corrected chi connectivity index (χ4v) is 3.97. The smallest absolute Gasteiger partial charge is 0.269 e. The number of hydrogen-bond acceptors (Lipinski definition) is 5. The minimum absolute atomic E-state index is 0.00999. The van der Waals surface area contributed by atoms with Gasteiger partial charge in [-0.05, 0) is 42.2 Å². The van der Waals surface area contributed by atoms with Crippen molar-refractivity contribution in [2.45, 2.75) is 24.3 Å². The van der Waals surface area contributed by atoms with E-state index in [-0.39, 0.29) is 17.1 Å². The molecule has 0 radical (unpaired) electrons. The van der Waals surface area contributed by atoms with E-state index in [2.05, 4.69) is 16.7 Å². The number of fused-ring (bicyclic) bond motifs is 1. The lowest BCUT2D eigenvalue weighted by molar-refractivity contribution is -0.384. The van der Waals surface area contributed by atoms with E-state index in [0.717, 1.165) is 24.9 Å². The molecule has 0 aromatic heterocycles. The average molecular weight is 361 g/mol. The van der Waals surface area contributed by atoms with E-state index in [4.69, 9.17) is 0 Å². The maximum Gasteiger partial charge on any atom is 0.269 e. The van der Waals surface area contributed by atoms with Gasteiger partial charge in [-0.2, -0.15) is 0 Å². The number of nitrogens with zero attached hydrogens (tertiary/aromatic N) is 2. The molecule has 1 aliphatic rings. The van der Waals surface area contributed by atoms with Crippen LogP contribution in [0.15, 0.2) is 47.4 Å². The molecule has 25 heavy (non-hydrogen) atoms. The molecule has 0 bridgehead atoms. The third-order valence-corrected chi connectivity index (χ3v) is 5.74. The highest BCUT2D eigenvalue weighted by Crippen LogP contribution is 2.27. The van der Waals surface area contributed by atoms with Gasteiger partial charge in [0, 0.05) is 38.0 Å². The molecule has 1 aliphatic heterocycles. The normalized spacial score (nSPS) is 14.2. The maximum absolute atomic E-state index is 12.3. The van der Waals surface area contributed by atoms with Crippen molar-refractivity contribution >= 4 is 21.4 Å². The highest BCUT2D eigenvalue weighted by molar-refractivity contribution is 7.89. The predicted octanol–water partition coefficient (Wildman–Crippen LogP) is 2.46. The van der Waals surface area contributed by atoms with Crippen LogP contribution in [0.1, 0.15) is 17.5 Å². The van der Waals surface area contributed by atoms with E-state index in [9.17, 15) is 18.5 Å². The van der Waals surface area contributed by atoms with Crippen LogP contribution >= 0.6 is 0 Å². The second kappa shape index (κ2) is 6.81. The van der Waals surface area contributed by atoms with Crippen LogP contribution in [0.5, 0.6) is 0 Å². The highest BCUT2D eigenvalue weighted by atomic mass is 32.2. The summed E-state index contributed by atoms with van der Waals surface area (Å²) in [5.41, 5.74) is 3.16. The van der Waals surface area contributed by atoms with Crippen molar-refractivity contribution in [3.63, 3.8) is 0 Å². The van der Waals surface area contributed by atoms with Gasteiger partial charge in [-0.1, -0.05) is 12.1 Å². The van der Waals surface area contributed by atoms with E-state index in [1.54, 1.807) is 0 Å². The van der Waals surface area contributed by atoms with Crippen molar-refractivity contribution in [3.05, 3.63) is 63.7 Å². The average Bonchev–Trinajstić information content (AvgIpc) is 2.60. The molecule has 3 rings (SSSR count). The molecule has 0 amide bonds. The van der Waals surface area contributed by atoms with E-state index < -0.39 is 14.9 Å². The molecule has 0 atom stereocenters. The summed E-state index contributed by atoms with van der Waals surface area (Å²) in [6.07, 6.45) is 2.07. The fourth-order valence-electron chi connectivity index (χ4n) is 2.96. The van der Waals surface area contributed by atoms with Crippen LogP contribution in [0.25, 0.3) is 0 Å². The molecular weight excluding hydrogens is 342 g/mol. The second-order valence-corrected chi connectivity index (χ2v) is 7.83. The third-order valence-electron chi connectivity index (χ3n) is 4.32. The number of anilines is 1. The Hall–Kier alpha value is -2.45. The number of nitrogens with one attached hydrogen (secondary N) is 1. The van der Waals surface area contributed by atoms with Gasteiger partial charge in [0.2, 0.25) is 10.0 Å². The highest BCUT2D eigenvalue weighted by Gasteiger charge is 2.17. The SMILES string of the molecule is CN1CCCc2cc(CNS(=O)(=O)c3ccc([N+](=O)[O-])cc3)ccc21. The number of nitro benzene ring substituents is 1. The fraction of sp³-hybridized carbons (Fsp3) is 0.294. The summed E-state index contributed by atoms with van der Waals surface area (Å²) in [5, 5.41) is 10.7. The molecule has 0 spiro atoms. The monoisotopic (exact) mass is 361 g/mol. The van der Waals surface area contributed by atoms with Crippen molar-refractivity contribution < 1.29 is 13.3 Å². The van der Waals surface area contributed by atoms with Gasteiger partial charge in [-0.25, -0.2) is 13.1 Å². The molecule has 0 unspecified atom stereocenters. The molecule has 2 aromatic carbocycles. The lowest BCUT2D eigenvalue weighted by atomic mass is 10.00. The number of nitro groups is 1. The van der Waals surface area contributed by atoms with Gasteiger partial charge < -0.3 is 4.90 Å². The van der Waals surface area contributed by atoms with Gasteiger partial charge in [-0.3, -0.25) is 10.1 Å². The lowest BCUT2D eigenvalue weighted by Crippen LogP contribution is -2.26. The largest absolute Gasteiger partial charge is 0.374 e. The number of hydrogen-bond donors (Lipinski definition) is 1. The zero-order chi connectivity index (χ0) is 18.0. The number of non-ortho nitro benzene ring substituents is 1. The molecule has 0 saturated heterocycles. The van der Waals surface area contributed by atoms with Gasteiger partial charge in [0.05, 0.1) is 9.82 Å². The maximum atomic E-state index is 12.3. The molecule has 1 N–H and O–H groups in total. The van der Waals surface area contributed by atoms with Gasteiger partial charge in [0.1, 0.15) is 0 Å². The molecule has 132 valence electrons. The van der Waals surface area contributed by atoms with E-state index in [1.165, 1.54) is 35.5 Å². The van der Waals surface area contributed by atoms with Crippen molar-refractivity contribution in [2.24, 2.45) is 0 Å². The number of benzene rings is 2. The van der Waals surface area contributed by atoms with Crippen molar-refractivity contribution in [2.75, 3.05) is 18.5 Å². The molecule has 0 fully saturated rings. The molecule has 7 nitrogen and oxygen atoms in total. The van der Waals surface area contributed by atoms with E-state index in [1.807, 2.05) is 18.2 Å². The van der Waals surface area contributed by atoms with Crippen molar-refractivity contribution in [3.8, 4) is 0 Å². The van der Waals surface area contributed by atoms with Gasteiger partial charge in [0.25, 0.3) is 5.69 Å². The zero-order valence-corrected chi connectivity index (χ0v) is 14.6. The summed E-state index contributed by atoms with van der Waals surface area (Å²) in [6, 6.07) is 10.8. The first-order valence-corrected chi connectivity index (χ1v) is 9.42. The lowest BCUT2D eigenvalue weighted by Gasteiger charge is -2.27. The zero-order valence-electron chi connectivity index (χ0n) is 13.8. The minimum atomic E-state index is -3.72. The van der Waals surface area contributed by atoms with Crippen LogP contribution in [0.2, 0.25) is 0 Å². The van der Waals surface area contributed by atoms with Gasteiger partial charge >= 0.3 is 0 Å². The Labute approximate surface area is 146 Å². The molecule has 2 aromatic rings. The molecule has 1 heterocycles. The van der Waals surface area contributed by atoms with Crippen LogP contribution in [-0.4, -0.2) is 26.9 Å². The first-order valence-electron chi connectivity index (χ1n) is 7.94. The quantitative estimate of drug-likeness (QED) is 0.652. The second-order valence-electron chi connectivity index (χ2n) is 6.06. The third kappa shape index (κ3) is 3.80. The summed E-state index contributed by atoms with van der Waals surface area (Å²) in [5.74, 6) is 0. The van der Waals surface area contributed by atoms with Crippen LogP contribution in [0.3, 0.4) is 0 Å². The Morgan fingerprint density at radius 3 is 2.60 bits per heavy atom. The molecule has 0 saturated carbocycles. The summed E-state index contributed by atoms with van der Waals surface area (Å²) < 4.78 is 27.2. The Morgan fingerprint density at radius 1 is 1.20 bits per heavy atom. The molecule has 8 heteroatoms. The minimum Gasteiger partial charge on any atom is -0.374 e. The summed E-state index contributed by atoms with van der Waals surface area (Å²) in [4.78, 5) is 12.3. The molecular formula is C17H19N3O4S. The van der Waals surface area contributed by atoms with Gasteiger partial charge in [0.15, 0.2) is 0 Å². The van der Waals surface area contributed by atoms with Crippen molar-refractivity contribution in [1.82, 2.24) is 4.72 Å². The summed E-state index contributed by atoms with van der Waals surface area (Å²) in [6.45, 7) is 1.20. The number of rotatable bonds is 5. The standard InChI is InChI=1S/C17H19N3O4S/c1-19-10-2-3-14-11-13(4-9-17(14)19)12-18-25(23,24)16-7-5-15(6-8-16)20(21)22/h4-9,11,18H,2-3,10,12H2,1H3. The van der Waals surface area contributed by atoms with Crippen molar-refractivity contribution in [1.29, 1.82) is 0 Å². The first kappa shape index (κ1) is 17.4. The van der Waals surface area contributed by atoms with E-state index in [0.29, 0.717) is 0 Å². The van der Waals surface area contributed by atoms with Crippen LogP contribution < -0.4 is 9.62 Å². The Kier molecular flexibility index (Phi) is 4.73. The van der Waals surface area contributed by atoms with Crippen LogP contribution in [0.4, 0.5) is 11.4 Å². The number of sulfonamides is 1. The predicted molar refractivity (Wildman–Crippen MR) is 95.2 cm³/mol. The topological polar surface area (TPSA) is 92.6 Å². The van der Waals surface area contributed by atoms with Crippen LogP contribution in [0, 0.1) is 10.1 Å². The summed E-state index contributed by atoms with van der Waals surface area (Å²) >= 11 is 0. The van der Waals surface area contributed by atoms with Gasteiger partial charge in [-0.15, -0.1) is 0 Å². The molecule has 0 aliphatic carbocycles. The Morgan fingerprint density at radius 2 is 1.92 bits per heavy atom. The van der Waals surface area contributed by atoms with E-state index >= 15 is 0 Å². The summed E-state index contributed by atoms with van der Waals surface area (Å²) in [7, 11) is -1.67. The number of aryl methyl sites for hydroxylation is 1. The van der Waals surface area contributed by atoms with Crippen LogP contribution in [-0.2, 0) is 23.0 Å².